The van der Waals surface area contributed by atoms with Crippen LogP contribution < -0.4 is 4.74 Å². The number of nitrogens with zero attached hydrogens (tertiary/aromatic N) is 2. The molecule has 1 amide bonds. The molecule has 1 heterocycles. The number of nitro benzene ring substituents is 1. The number of likely N-dealkylation sites (tertiary alicyclic amines) is 1. The van der Waals surface area contributed by atoms with Gasteiger partial charge in [0.15, 0.2) is 23.8 Å². The molecule has 0 N–H and O–H groups in total. The molecule has 0 aliphatic carbocycles. The third kappa shape index (κ3) is 9.62. The number of hydrogen-bond acceptors (Lipinski definition) is 10. The summed E-state index contributed by atoms with van der Waals surface area (Å²) in [6.07, 6.45) is -5.49. The number of amides is 1. The van der Waals surface area contributed by atoms with Crippen molar-refractivity contribution in [2.24, 2.45) is 0 Å². The maximum absolute atomic E-state index is 13.9. The van der Waals surface area contributed by atoms with Crippen LogP contribution in [0.4, 0.5) is 28.9 Å². The molecule has 0 aromatic heterocycles. The quantitative estimate of drug-likeness (QED) is 0.0810. The third-order valence-corrected chi connectivity index (χ3v) is 6.92. The summed E-state index contributed by atoms with van der Waals surface area (Å²) < 4.78 is 54.8. The SMILES string of the molecule is CC(C)(C)OC(=O)O[C@H]1CN(C(=O)OC(C)(C)C)[C@H](Cc2ccc(-c3ccc(F)c(F)c3)cc2)[C@@H]1OC(=O)Oc1ccc([N+](=O)[O-])cc1. The lowest BCUT2D eigenvalue weighted by Gasteiger charge is -2.30. The van der Waals surface area contributed by atoms with Crippen molar-refractivity contribution in [3.63, 3.8) is 0 Å². The van der Waals surface area contributed by atoms with Crippen LogP contribution in [0.25, 0.3) is 11.1 Å². The maximum atomic E-state index is 13.9. The van der Waals surface area contributed by atoms with E-state index in [4.69, 9.17) is 23.7 Å². The van der Waals surface area contributed by atoms with E-state index in [-0.39, 0.29) is 24.4 Å². The summed E-state index contributed by atoms with van der Waals surface area (Å²) in [6.45, 7) is 9.71. The van der Waals surface area contributed by atoms with Crippen LogP contribution in [-0.2, 0) is 25.4 Å². The number of ether oxygens (including phenoxy) is 5. The van der Waals surface area contributed by atoms with Crippen molar-refractivity contribution in [3.8, 4) is 16.9 Å². The lowest BCUT2D eigenvalue weighted by molar-refractivity contribution is -0.384. The first-order valence-electron chi connectivity index (χ1n) is 14.9. The van der Waals surface area contributed by atoms with Crippen molar-refractivity contribution in [2.45, 2.75) is 77.4 Å². The van der Waals surface area contributed by atoms with Gasteiger partial charge in [-0.3, -0.25) is 15.0 Å². The van der Waals surface area contributed by atoms with Gasteiger partial charge in [0.25, 0.3) is 5.69 Å². The number of carbonyl (C=O) groups is 3. The summed E-state index contributed by atoms with van der Waals surface area (Å²) in [6, 6.07) is 14.1. The van der Waals surface area contributed by atoms with Crippen LogP contribution in [0.2, 0.25) is 0 Å². The normalized spacial score (nSPS) is 17.8. The van der Waals surface area contributed by atoms with Crippen LogP contribution in [0, 0.1) is 21.7 Å². The zero-order chi connectivity index (χ0) is 35.4. The van der Waals surface area contributed by atoms with Gasteiger partial charge in [-0.15, -0.1) is 0 Å². The lowest BCUT2D eigenvalue weighted by Crippen LogP contribution is -2.45. The van der Waals surface area contributed by atoms with E-state index in [0.717, 1.165) is 24.3 Å². The molecule has 1 fully saturated rings. The molecule has 0 radical (unpaired) electrons. The lowest BCUT2D eigenvalue weighted by atomic mass is 9.98. The Morgan fingerprint density at radius 2 is 1.42 bits per heavy atom. The molecular formula is C34H36F2N2O10. The molecule has 256 valence electrons. The van der Waals surface area contributed by atoms with E-state index in [1.54, 1.807) is 65.8 Å². The third-order valence-electron chi connectivity index (χ3n) is 6.92. The van der Waals surface area contributed by atoms with E-state index >= 15 is 0 Å². The van der Waals surface area contributed by atoms with Crippen molar-refractivity contribution in [1.29, 1.82) is 0 Å². The van der Waals surface area contributed by atoms with Crippen molar-refractivity contribution in [2.75, 3.05) is 6.54 Å². The number of non-ortho nitro benzene ring substituents is 1. The molecule has 1 aliphatic heterocycles. The summed E-state index contributed by atoms with van der Waals surface area (Å²) in [5.41, 5.74) is -0.351. The molecule has 3 aromatic carbocycles. The minimum atomic E-state index is -1.29. The highest BCUT2D eigenvalue weighted by atomic mass is 19.2. The highest BCUT2D eigenvalue weighted by Crippen LogP contribution is 2.31. The second-order valence-electron chi connectivity index (χ2n) is 13.0. The molecule has 0 saturated carbocycles. The fourth-order valence-corrected chi connectivity index (χ4v) is 4.89. The number of halogens is 2. The zero-order valence-corrected chi connectivity index (χ0v) is 27.2. The van der Waals surface area contributed by atoms with Gasteiger partial charge in [-0.1, -0.05) is 30.3 Å². The van der Waals surface area contributed by atoms with Gasteiger partial charge in [-0.2, -0.15) is 0 Å². The fourth-order valence-electron chi connectivity index (χ4n) is 4.89. The van der Waals surface area contributed by atoms with Crippen LogP contribution in [-0.4, -0.2) is 64.2 Å². The van der Waals surface area contributed by atoms with Crippen molar-refractivity contribution in [3.05, 3.63) is 94.0 Å². The zero-order valence-electron chi connectivity index (χ0n) is 27.2. The summed E-state index contributed by atoms with van der Waals surface area (Å²) in [5.74, 6) is -2.02. The van der Waals surface area contributed by atoms with Crippen molar-refractivity contribution >= 4 is 24.1 Å². The predicted molar refractivity (Wildman–Crippen MR) is 167 cm³/mol. The number of rotatable bonds is 7. The predicted octanol–water partition coefficient (Wildman–Crippen LogP) is 7.61. The van der Waals surface area contributed by atoms with Crippen molar-refractivity contribution in [1.82, 2.24) is 4.90 Å². The molecule has 12 nitrogen and oxygen atoms in total. The second-order valence-corrected chi connectivity index (χ2v) is 13.0. The van der Waals surface area contributed by atoms with Crippen LogP contribution >= 0.6 is 0 Å². The summed E-state index contributed by atoms with van der Waals surface area (Å²) >= 11 is 0. The van der Waals surface area contributed by atoms with Crippen LogP contribution in [0.15, 0.2) is 66.7 Å². The Morgan fingerprint density at radius 1 is 0.812 bits per heavy atom. The molecule has 0 bridgehead atoms. The molecule has 3 atom stereocenters. The smallest absolute Gasteiger partial charge is 0.444 e. The average Bonchev–Trinajstić information content (AvgIpc) is 3.29. The van der Waals surface area contributed by atoms with E-state index in [1.807, 2.05) is 0 Å². The fraction of sp³-hybridized carbons (Fsp3) is 0.382. The summed E-state index contributed by atoms with van der Waals surface area (Å²) in [7, 11) is 0. The largest absolute Gasteiger partial charge is 0.514 e. The van der Waals surface area contributed by atoms with E-state index in [1.165, 1.54) is 23.1 Å². The molecule has 1 aliphatic rings. The van der Waals surface area contributed by atoms with E-state index in [0.29, 0.717) is 16.7 Å². The standard InChI is InChI=1S/C34H36F2N2O10/c1-33(2,3)47-30(39)37-19-28(45-32(41)48-34(4,5)6)29(46-31(40)44-24-14-12-23(13-15-24)38(42)43)27(37)17-20-7-9-21(10-8-20)22-11-16-25(35)26(36)18-22/h7-16,18,27-29H,17,19H2,1-6H3/t27-,28+,29+/m1/s1. The number of nitro groups is 1. The Balaban J connectivity index is 1.65. The second kappa shape index (κ2) is 14.2. The van der Waals surface area contributed by atoms with Gasteiger partial charge in [0, 0.05) is 12.1 Å². The minimum Gasteiger partial charge on any atom is -0.444 e. The van der Waals surface area contributed by atoms with E-state index in [9.17, 15) is 33.3 Å². The summed E-state index contributed by atoms with van der Waals surface area (Å²) in [4.78, 5) is 51.0. The first-order chi connectivity index (χ1) is 22.4. The Hall–Kier alpha value is -5.27. The molecule has 3 aromatic rings. The highest BCUT2D eigenvalue weighted by molar-refractivity contribution is 5.71. The number of carbonyl (C=O) groups excluding carboxylic acids is 3. The van der Waals surface area contributed by atoms with Gasteiger partial charge >= 0.3 is 18.4 Å². The number of hydrogen-bond donors (Lipinski definition) is 0. The molecule has 4 rings (SSSR count). The van der Waals surface area contributed by atoms with Gasteiger partial charge in [0.05, 0.1) is 17.5 Å². The Morgan fingerprint density at radius 3 is 1.98 bits per heavy atom. The Labute approximate surface area is 275 Å². The molecular weight excluding hydrogens is 634 g/mol. The van der Waals surface area contributed by atoms with Gasteiger partial charge in [-0.05, 0) is 88.9 Å². The van der Waals surface area contributed by atoms with Gasteiger partial charge in [-0.25, -0.2) is 23.2 Å². The van der Waals surface area contributed by atoms with Crippen LogP contribution in [0.3, 0.4) is 0 Å². The van der Waals surface area contributed by atoms with Crippen LogP contribution in [0.1, 0.15) is 47.1 Å². The highest BCUT2D eigenvalue weighted by Gasteiger charge is 2.50. The molecule has 1 saturated heterocycles. The van der Waals surface area contributed by atoms with Gasteiger partial charge in [0.2, 0.25) is 0 Å². The molecule has 14 heteroatoms. The molecule has 48 heavy (non-hydrogen) atoms. The van der Waals surface area contributed by atoms with Crippen LogP contribution in [0.5, 0.6) is 5.75 Å². The monoisotopic (exact) mass is 670 g/mol. The summed E-state index contributed by atoms with van der Waals surface area (Å²) in [5, 5.41) is 11.0. The minimum absolute atomic E-state index is 0.0541. The first kappa shape index (κ1) is 35.6. The average molecular weight is 671 g/mol. The molecule has 0 spiro atoms. The van der Waals surface area contributed by atoms with E-state index in [2.05, 4.69) is 0 Å². The molecule has 0 unspecified atom stereocenters. The topological polar surface area (TPSA) is 144 Å². The van der Waals surface area contributed by atoms with Gasteiger partial charge in [0.1, 0.15) is 17.0 Å². The number of benzene rings is 3. The Kier molecular flexibility index (Phi) is 10.6. The van der Waals surface area contributed by atoms with Crippen molar-refractivity contribution < 1.29 is 51.8 Å². The maximum Gasteiger partial charge on any atom is 0.514 e. The van der Waals surface area contributed by atoms with E-state index < -0.39 is 64.4 Å². The first-order valence-corrected chi connectivity index (χ1v) is 14.9. The van der Waals surface area contributed by atoms with Gasteiger partial charge < -0.3 is 23.7 Å². The Bertz CT molecular complexity index is 1650.